The average Bonchev–Trinajstić information content (AvgIpc) is 1.79. The smallest absolute Gasteiger partial charge is 0.366 e. The van der Waals surface area contributed by atoms with E-state index in [4.69, 9.17) is 4.74 Å². The van der Waals surface area contributed by atoms with Crippen LogP contribution in [0, 0.1) is 5.41 Å². The second-order valence-corrected chi connectivity index (χ2v) is 4.86. The molecular formula is C9H17F3O. The van der Waals surface area contributed by atoms with Gasteiger partial charge in [-0.1, -0.05) is 20.8 Å². The van der Waals surface area contributed by atoms with E-state index in [0.29, 0.717) is 0 Å². The fraction of sp³-hybridized carbons (Fsp3) is 1.00. The van der Waals surface area contributed by atoms with Crippen molar-refractivity contribution in [1.29, 1.82) is 0 Å². The zero-order valence-corrected chi connectivity index (χ0v) is 8.75. The molecule has 0 spiro atoms. The van der Waals surface area contributed by atoms with E-state index >= 15 is 0 Å². The summed E-state index contributed by atoms with van der Waals surface area (Å²) >= 11 is 0. The van der Waals surface area contributed by atoms with Crippen molar-refractivity contribution in [2.24, 2.45) is 5.41 Å². The summed E-state index contributed by atoms with van der Waals surface area (Å²) in [5.41, 5.74) is -2.30. The van der Waals surface area contributed by atoms with Gasteiger partial charge < -0.3 is 4.74 Å². The third-order valence-corrected chi connectivity index (χ3v) is 1.55. The summed E-state index contributed by atoms with van der Waals surface area (Å²) in [5, 5.41) is 0. The summed E-state index contributed by atoms with van der Waals surface area (Å²) in [4.78, 5) is 0. The normalized spacial score (nSPS) is 14.8. The fourth-order valence-electron chi connectivity index (χ4n) is 0.479. The number of halogens is 3. The lowest BCUT2D eigenvalue weighted by Crippen LogP contribution is -2.43. The second kappa shape index (κ2) is 3.48. The van der Waals surface area contributed by atoms with Gasteiger partial charge >= 0.3 is 6.18 Å². The van der Waals surface area contributed by atoms with Crippen LogP contribution < -0.4 is 0 Å². The van der Waals surface area contributed by atoms with Crippen molar-refractivity contribution in [2.75, 3.05) is 6.61 Å². The molecule has 0 fully saturated rings. The first kappa shape index (κ1) is 12.8. The van der Waals surface area contributed by atoms with Gasteiger partial charge in [0.1, 0.15) is 0 Å². The minimum atomic E-state index is -4.31. The minimum Gasteiger partial charge on any atom is -0.366 e. The highest BCUT2D eigenvalue weighted by atomic mass is 19.4. The predicted molar refractivity (Wildman–Crippen MR) is 45.5 cm³/mol. The second-order valence-electron chi connectivity index (χ2n) is 4.86. The molecule has 1 nitrogen and oxygen atoms in total. The Hall–Kier alpha value is -0.250. The molecule has 0 heterocycles. The van der Waals surface area contributed by atoms with Crippen molar-refractivity contribution < 1.29 is 17.9 Å². The van der Waals surface area contributed by atoms with Gasteiger partial charge in [-0.05, 0) is 19.3 Å². The molecule has 0 atom stereocenters. The molecular weight excluding hydrogens is 181 g/mol. The van der Waals surface area contributed by atoms with Gasteiger partial charge in [0.2, 0.25) is 0 Å². The maximum Gasteiger partial charge on any atom is 0.416 e. The van der Waals surface area contributed by atoms with E-state index in [0.717, 1.165) is 13.8 Å². The van der Waals surface area contributed by atoms with Crippen LogP contribution in [-0.2, 0) is 4.74 Å². The molecule has 0 aliphatic heterocycles. The Bertz CT molecular complexity index is 165. The molecule has 0 aliphatic carbocycles. The van der Waals surface area contributed by atoms with Crippen LogP contribution in [0.5, 0.6) is 0 Å². The number of hydrogen-bond donors (Lipinski definition) is 0. The first-order valence-corrected chi connectivity index (χ1v) is 4.16. The SMILES string of the molecule is CC(C)(C)COC(C)(C)C(F)(F)F. The summed E-state index contributed by atoms with van der Waals surface area (Å²) < 4.78 is 41.7. The highest BCUT2D eigenvalue weighted by Gasteiger charge is 2.48. The molecule has 0 saturated carbocycles. The molecule has 0 saturated heterocycles. The van der Waals surface area contributed by atoms with Crippen LogP contribution in [-0.4, -0.2) is 18.4 Å². The van der Waals surface area contributed by atoms with Gasteiger partial charge in [0, 0.05) is 0 Å². The number of rotatable bonds is 2. The topological polar surface area (TPSA) is 9.23 Å². The summed E-state index contributed by atoms with van der Waals surface area (Å²) in [6.45, 7) is 7.68. The van der Waals surface area contributed by atoms with Crippen molar-refractivity contribution in [3.05, 3.63) is 0 Å². The average molecular weight is 198 g/mol. The number of ether oxygens (including phenoxy) is 1. The highest BCUT2D eigenvalue weighted by molar-refractivity contribution is 4.79. The van der Waals surface area contributed by atoms with E-state index in [1.54, 1.807) is 0 Å². The van der Waals surface area contributed by atoms with Gasteiger partial charge in [0.05, 0.1) is 6.61 Å². The Morgan fingerprint density at radius 2 is 1.31 bits per heavy atom. The maximum atomic E-state index is 12.3. The van der Waals surface area contributed by atoms with Crippen LogP contribution in [0.3, 0.4) is 0 Å². The van der Waals surface area contributed by atoms with Crippen molar-refractivity contribution in [1.82, 2.24) is 0 Å². The lowest BCUT2D eigenvalue weighted by molar-refractivity contribution is -0.268. The van der Waals surface area contributed by atoms with Gasteiger partial charge in [-0.25, -0.2) is 0 Å². The molecule has 80 valence electrons. The lowest BCUT2D eigenvalue weighted by atomic mass is 9.98. The Kier molecular flexibility index (Phi) is 3.41. The van der Waals surface area contributed by atoms with E-state index in [9.17, 15) is 13.2 Å². The summed E-state index contributed by atoms with van der Waals surface area (Å²) in [6.07, 6.45) is -4.31. The fourth-order valence-corrected chi connectivity index (χ4v) is 0.479. The third kappa shape index (κ3) is 4.50. The molecule has 13 heavy (non-hydrogen) atoms. The van der Waals surface area contributed by atoms with Gasteiger partial charge in [-0.15, -0.1) is 0 Å². The Labute approximate surface area is 77.3 Å². The van der Waals surface area contributed by atoms with E-state index in [-0.39, 0.29) is 12.0 Å². The summed E-state index contributed by atoms with van der Waals surface area (Å²) in [5.74, 6) is 0. The molecule has 4 heteroatoms. The Morgan fingerprint density at radius 3 is 1.54 bits per heavy atom. The molecule has 0 aromatic rings. The monoisotopic (exact) mass is 198 g/mol. The zero-order valence-electron chi connectivity index (χ0n) is 8.75. The first-order valence-electron chi connectivity index (χ1n) is 4.16. The van der Waals surface area contributed by atoms with E-state index in [1.807, 2.05) is 20.8 Å². The predicted octanol–water partition coefficient (Wildman–Crippen LogP) is 3.39. The van der Waals surface area contributed by atoms with E-state index < -0.39 is 11.8 Å². The lowest BCUT2D eigenvalue weighted by Gasteiger charge is -2.31. The Balaban J connectivity index is 4.21. The summed E-state index contributed by atoms with van der Waals surface area (Å²) in [7, 11) is 0. The standard InChI is InChI=1S/C9H17F3O/c1-7(2,3)6-13-8(4,5)9(10,11)12/h6H2,1-5H3. The van der Waals surface area contributed by atoms with Crippen LogP contribution in [0.2, 0.25) is 0 Å². The highest BCUT2D eigenvalue weighted by Crippen LogP contribution is 2.34. The van der Waals surface area contributed by atoms with Crippen LogP contribution in [0.4, 0.5) is 13.2 Å². The zero-order chi connectivity index (χ0) is 10.9. The van der Waals surface area contributed by atoms with Gasteiger partial charge in [0.25, 0.3) is 0 Å². The van der Waals surface area contributed by atoms with Gasteiger partial charge in [-0.3, -0.25) is 0 Å². The number of hydrogen-bond acceptors (Lipinski definition) is 1. The molecule has 0 rings (SSSR count). The summed E-state index contributed by atoms with van der Waals surface area (Å²) in [6, 6.07) is 0. The molecule has 0 bridgehead atoms. The molecule has 0 aromatic heterocycles. The molecule has 0 amide bonds. The van der Waals surface area contributed by atoms with Crippen LogP contribution in [0.1, 0.15) is 34.6 Å². The molecule has 0 unspecified atom stereocenters. The van der Waals surface area contributed by atoms with Gasteiger partial charge in [-0.2, -0.15) is 13.2 Å². The van der Waals surface area contributed by atoms with Crippen molar-refractivity contribution in [3.63, 3.8) is 0 Å². The largest absolute Gasteiger partial charge is 0.416 e. The van der Waals surface area contributed by atoms with Crippen LogP contribution in [0.25, 0.3) is 0 Å². The van der Waals surface area contributed by atoms with Crippen LogP contribution >= 0.6 is 0 Å². The third-order valence-electron chi connectivity index (χ3n) is 1.55. The molecule has 0 radical (unpaired) electrons. The maximum absolute atomic E-state index is 12.3. The van der Waals surface area contributed by atoms with Crippen molar-refractivity contribution in [2.45, 2.75) is 46.4 Å². The van der Waals surface area contributed by atoms with Crippen molar-refractivity contribution >= 4 is 0 Å². The first-order chi connectivity index (χ1) is 5.46. The quantitative estimate of drug-likeness (QED) is 0.660. The minimum absolute atomic E-state index is 0.0967. The molecule has 0 aliphatic rings. The van der Waals surface area contributed by atoms with Crippen molar-refractivity contribution in [3.8, 4) is 0 Å². The molecule has 0 aromatic carbocycles. The van der Waals surface area contributed by atoms with E-state index in [1.165, 1.54) is 0 Å². The van der Waals surface area contributed by atoms with Gasteiger partial charge in [0.15, 0.2) is 5.60 Å². The number of alkyl halides is 3. The van der Waals surface area contributed by atoms with Crippen LogP contribution in [0.15, 0.2) is 0 Å². The Morgan fingerprint density at radius 1 is 0.923 bits per heavy atom. The molecule has 0 N–H and O–H groups in total. The van der Waals surface area contributed by atoms with E-state index in [2.05, 4.69) is 0 Å².